The number of hydrogen-bond donors (Lipinski definition) is 0. The van der Waals surface area contributed by atoms with Crippen LogP contribution in [0.2, 0.25) is 0 Å². The molecule has 0 aliphatic heterocycles. The molecule has 1 rings (SSSR count). The van der Waals surface area contributed by atoms with Gasteiger partial charge in [-0.2, -0.15) is 0 Å². The van der Waals surface area contributed by atoms with E-state index in [2.05, 4.69) is 25.2 Å². The lowest BCUT2D eigenvalue weighted by molar-refractivity contribution is 0.556. The zero-order valence-corrected chi connectivity index (χ0v) is 12.4. The molecule has 0 saturated carbocycles. The van der Waals surface area contributed by atoms with Crippen LogP contribution < -0.4 is 0 Å². The van der Waals surface area contributed by atoms with Crippen LogP contribution in [-0.2, 0) is 0 Å². The Morgan fingerprint density at radius 2 is 1.39 bits per heavy atom. The van der Waals surface area contributed by atoms with Gasteiger partial charge in [-0.15, -0.1) is 0 Å². The summed E-state index contributed by atoms with van der Waals surface area (Å²) in [6.45, 7) is 2.29. The van der Waals surface area contributed by atoms with E-state index in [1.807, 2.05) is 0 Å². The van der Waals surface area contributed by atoms with E-state index in [1.54, 1.807) is 5.57 Å². The molecule has 0 unspecified atom stereocenters. The highest BCUT2D eigenvalue weighted by Crippen LogP contribution is 2.17. The van der Waals surface area contributed by atoms with Gasteiger partial charge in [0, 0.05) is 0 Å². The highest BCUT2D eigenvalue weighted by atomic mass is 14.0. The first kappa shape index (κ1) is 15.5. The van der Waals surface area contributed by atoms with Gasteiger partial charge < -0.3 is 0 Å². The second-order valence-corrected chi connectivity index (χ2v) is 5.69. The average molecular weight is 248 g/mol. The first-order valence-corrected chi connectivity index (χ1v) is 8.29. The van der Waals surface area contributed by atoms with Crippen molar-refractivity contribution in [1.82, 2.24) is 0 Å². The lowest BCUT2D eigenvalue weighted by Crippen LogP contribution is -1.86. The molecule has 0 fully saturated rings. The first-order chi connectivity index (χ1) is 8.93. The summed E-state index contributed by atoms with van der Waals surface area (Å²) in [5.41, 5.74) is 1.58. The summed E-state index contributed by atoms with van der Waals surface area (Å²) in [6.07, 6.45) is 25.3. The van der Waals surface area contributed by atoms with Gasteiger partial charge in [0.2, 0.25) is 0 Å². The molecule has 104 valence electrons. The molecule has 0 aromatic heterocycles. The summed E-state index contributed by atoms with van der Waals surface area (Å²) in [6, 6.07) is 0. The summed E-state index contributed by atoms with van der Waals surface area (Å²) in [7, 11) is 0. The van der Waals surface area contributed by atoms with E-state index in [-0.39, 0.29) is 0 Å². The number of allylic oxidation sites excluding steroid dienone is 4. The van der Waals surface area contributed by atoms with Gasteiger partial charge in [0.15, 0.2) is 0 Å². The summed E-state index contributed by atoms with van der Waals surface area (Å²) >= 11 is 0. The van der Waals surface area contributed by atoms with Crippen molar-refractivity contribution >= 4 is 0 Å². The molecule has 0 atom stereocenters. The normalized spacial score (nSPS) is 14.8. The van der Waals surface area contributed by atoms with Gasteiger partial charge in [-0.05, 0) is 25.7 Å². The van der Waals surface area contributed by atoms with E-state index < -0.39 is 0 Å². The highest BCUT2D eigenvalue weighted by molar-refractivity contribution is 5.21. The Morgan fingerprint density at radius 1 is 0.778 bits per heavy atom. The Labute approximate surface area is 115 Å². The molecule has 0 aromatic rings. The van der Waals surface area contributed by atoms with E-state index in [1.165, 1.54) is 83.5 Å². The summed E-state index contributed by atoms with van der Waals surface area (Å²) in [4.78, 5) is 0. The molecule has 1 aliphatic rings. The summed E-state index contributed by atoms with van der Waals surface area (Å²) in [5, 5.41) is 0. The fraction of sp³-hybridized carbons (Fsp3) is 0.778. The Bertz CT molecular complexity index is 234. The molecule has 0 nitrogen and oxygen atoms in total. The third-order valence-corrected chi connectivity index (χ3v) is 3.89. The van der Waals surface area contributed by atoms with Crippen molar-refractivity contribution in [2.75, 3.05) is 0 Å². The number of unbranched alkanes of at least 4 members (excludes halogenated alkanes) is 9. The number of rotatable bonds is 11. The van der Waals surface area contributed by atoms with Crippen molar-refractivity contribution in [2.45, 2.75) is 90.4 Å². The van der Waals surface area contributed by atoms with E-state index in [0.717, 1.165) is 0 Å². The zero-order valence-electron chi connectivity index (χ0n) is 12.4. The second kappa shape index (κ2) is 11.6. The topological polar surface area (TPSA) is 0 Å². The molecule has 1 aliphatic carbocycles. The molecular weight excluding hydrogens is 216 g/mol. The van der Waals surface area contributed by atoms with Crippen molar-refractivity contribution in [3.8, 4) is 0 Å². The highest BCUT2D eigenvalue weighted by Gasteiger charge is 1.97. The van der Waals surface area contributed by atoms with Crippen molar-refractivity contribution in [3.05, 3.63) is 23.8 Å². The quantitative estimate of drug-likeness (QED) is 0.362. The standard InChI is InChI=1S/C18H32/c1-2-3-4-5-6-7-8-9-10-12-15-18-16-13-11-14-17-18/h13,16-17H,2-12,14-15H2,1H3. The van der Waals surface area contributed by atoms with E-state index in [9.17, 15) is 0 Å². The van der Waals surface area contributed by atoms with Gasteiger partial charge in [-0.3, -0.25) is 0 Å². The van der Waals surface area contributed by atoms with Crippen LogP contribution >= 0.6 is 0 Å². The van der Waals surface area contributed by atoms with Crippen molar-refractivity contribution in [2.24, 2.45) is 0 Å². The molecular formula is C18H32. The Balaban J connectivity index is 1.78. The average Bonchev–Trinajstić information content (AvgIpc) is 2.42. The van der Waals surface area contributed by atoms with Gasteiger partial charge in [-0.1, -0.05) is 88.5 Å². The molecule has 0 bridgehead atoms. The lowest BCUT2D eigenvalue weighted by atomic mass is 10.00. The molecule has 0 saturated heterocycles. The van der Waals surface area contributed by atoms with E-state index in [0.29, 0.717) is 0 Å². The van der Waals surface area contributed by atoms with Crippen LogP contribution in [0.15, 0.2) is 23.8 Å². The second-order valence-electron chi connectivity index (χ2n) is 5.69. The van der Waals surface area contributed by atoms with Gasteiger partial charge >= 0.3 is 0 Å². The fourth-order valence-corrected chi connectivity index (χ4v) is 2.67. The first-order valence-electron chi connectivity index (χ1n) is 8.29. The Kier molecular flexibility index (Phi) is 9.98. The predicted octanol–water partition coefficient (Wildman–Crippen LogP) is 6.57. The molecule has 0 N–H and O–H groups in total. The molecule has 0 amide bonds. The van der Waals surface area contributed by atoms with E-state index in [4.69, 9.17) is 0 Å². The van der Waals surface area contributed by atoms with Crippen molar-refractivity contribution < 1.29 is 0 Å². The third-order valence-electron chi connectivity index (χ3n) is 3.89. The third kappa shape index (κ3) is 8.55. The van der Waals surface area contributed by atoms with Crippen LogP contribution in [-0.4, -0.2) is 0 Å². The predicted molar refractivity (Wildman–Crippen MR) is 82.9 cm³/mol. The van der Waals surface area contributed by atoms with Crippen LogP contribution in [0.25, 0.3) is 0 Å². The lowest BCUT2D eigenvalue weighted by Gasteiger charge is -2.06. The van der Waals surface area contributed by atoms with Crippen LogP contribution in [0, 0.1) is 0 Å². The fourth-order valence-electron chi connectivity index (χ4n) is 2.67. The van der Waals surface area contributed by atoms with Crippen molar-refractivity contribution in [1.29, 1.82) is 0 Å². The molecule has 0 aromatic carbocycles. The largest absolute Gasteiger partial charge is 0.0840 e. The van der Waals surface area contributed by atoms with E-state index >= 15 is 0 Å². The van der Waals surface area contributed by atoms with Gasteiger partial charge in [-0.25, -0.2) is 0 Å². The van der Waals surface area contributed by atoms with Crippen LogP contribution in [0.1, 0.15) is 90.4 Å². The monoisotopic (exact) mass is 248 g/mol. The Hall–Kier alpha value is -0.520. The Morgan fingerprint density at radius 3 is 1.94 bits per heavy atom. The van der Waals surface area contributed by atoms with Crippen molar-refractivity contribution in [3.63, 3.8) is 0 Å². The van der Waals surface area contributed by atoms with Crippen LogP contribution in [0.3, 0.4) is 0 Å². The minimum absolute atomic E-state index is 1.25. The minimum Gasteiger partial charge on any atom is -0.0840 e. The maximum Gasteiger partial charge on any atom is -0.0282 e. The maximum atomic E-state index is 2.42. The van der Waals surface area contributed by atoms with Gasteiger partial charge in [0.1, 0.15) is 0 Å². The molecule has 18 heavy (non-hydrogen) atoms. The smallest absolute Gasteiger partial charge is 0.0282 e. The molecule has 0 heteroatoms. The SMILES string of the molecule is CCCCCCCCCCCCC1=CCCC=C1. The maximum absolute atomic E-state index is 2.42. The zero-order chi connectivity index (χ0) is 12.9. The van der Waals surface area contributed by atoms with Crippen LogP contribution in [0.5, 0.6) is 0 Å². The minimum atomic E-state index is 1.25. The number of hydrogen-bond acceptors (Lipinski definition) is 0. The van der Waals surface area contributed by atoms with Gasteiger partial charge in [0.25, 0.3) is 0 Å². The molecule has 0 radical (unpaired) electrons. The molecule has 0 spiro atoms. The molecule has 0 heterocycles. The van der Waals surface area contributed by atoms with Crippen LogP contribution in [0.4, 0.5) is 0 Å². The van der Waals surface area contributed by atoms with Gasteiger partial charge in [0.05, 0.1) is 0 Å². The summed E-state index contributed by atoms with van der Waals surface area (Å²) in [5.74, 6) is 0. The summed E-state index contributed by atoms with van der Waals surface area (Å²) < 4.78 is 0.